The van der Waals surface area contributed by atoms with Gasteiger partial charge < -0.3 is 4.90 Å². The summed E-state index contributed by atoms with van der Waals surface area (Å²) in [5.74, 6) is -0.0533. The van der Waals surface area contributed by atoms with E-state index in [2.05, 4.69) is 6.92 Å². The second kappa shape index (κ2) is 5.98. The van der Waals surface area contributed by atoms with Crippen molar-refractivity contribution in [2.75, 3.05) is 6.54 Å². The summed E-state index contributed by atoms with van der Waals surface area (Å²) < 4.78 is 13.4. The zero-order chi connectivity index (χ0) is 13.0. The van der Waals surface area contributed by atoms with Crippen molar-refractivity contribution in [2.24, 2.45) is 0 Å². The Morgan fingerprint density at radius 3 is 2.89 bits per heavy atom. The van der Waals surface area contributed by atoms with Gasteiger partial charge in [0.25, 0.3) is 0 Å². The summed E-state index contributed by atoms with van der Waals surface area (Å²) in [4.78, 5) is 14.0. The Balaban J connectivity index is 1.90. The lowest BCUT2D eigenvalue weighted by molar-refractivity contribution is -0.134. The minimum atomic E-state index is -0.211. The van der Waals surface area contributed by atoms with Crippen molar-refractivity contribution >= 4 is 5.91 Å². The number of piperidine rings is 1. The van der Waals surface area contributed by atoms with E-state index in [0.717, 1.165) is 19.4 Å². The van der Waals surface area contributed by atoms with Crippen molar-refractivity contribution in [3.8, 4) is 0 Å². The fourth-order valence-corrected chi connectivity index (χ4v) is 2.55. The Labute approximate surface area is 108 Å². The predicted octanol–water partition coefficient (Wildman–Crippen LogP) is 3.16. The molecule has 1 aliphatic rings. The Morgan fingerprint density at radius 2 is 2.17 bits per heavy atom. The van der Waals surface area contributed by atoms with E-state index in [1.807, 2.05) is 11.0 Å². The Bertz CT molecular complexity index is 419. The zero-order valence-corrected chi connectivity index (χ0v) is 10.9. The SMILES string of the molecule is CC1CCCCN1C(=O)CCc1ccccc1F. The number of hydrogen-bond acceptors (Lipinski definition) is 1. The van der Waals surface area contributed by atoms with Crippen LogP contribution in [-0.2, 0) is 11.2 Å². The third-order valence-electron chi connectivity index (χ3n) is 3.69. The summed E-state index contributed by atoms with van der Waals surface area (Å²) in [6, 6.07) is 7.03. The van der Waals surface area contributed by atoms with E-state index in [1.165, 1.54) is 12.5 Å². The first-order valence-electron chi connectivity index (χ1n) is 6.71. The van der Waals surface area contributed by atoms with E-state index in [0.29, 0.717) is 24.4 Å². The third-order valence-corrected chi connectivity index (χ3v) is 3.69. The highest BCUT2D eigenvalue weighted by atomic mass is 19.1. The fraction of sp³-hybridized carbons (Fsp3) is 0.533. The first-order valence-corrected chi connectivity index (χ1v) is 6.71. The highest BCUT2D eigenvalue weighted by Gasteiger charge is 2.22. The first-order chi connectivity index (χ1) is 8.68. The Kier molecular flexibility index (Phi) is 4.34. The molecule has 0 spiro atoms. The molecule has 0 aliphatic carbocycles. The minimum absolute atomic E-state index is 0.158. The van der Waals surface area contributed by atoms with Crippen LogP contribution in [0.25, 0.3) is 0 Å². The van der Waals surface area contributed by atoms with Crippen molar-refractivity contribution in [1.29, 1.82) is 0 Å². The number of benzene rings is 1. The molecule has 1 saturated heterocycles. The summed E-state index contributed by atoms with van der Waals surface area (Å²) in [6.07, 6.45) is 4.29. The number of aryl methyl sites for hydroxylation is 1. The van der Waals surface area contributed by atoms with Crippen LogP contribution in [0.1, 0.15) is 38.2 Å². The molecule has 1 fully saturated rings. The van der Waals surface area contributed by atoms with Gasteiger partial charge in [0.1, 0.15) is 5.82 Å². The van der Waals surface area contributed by atoms with Gasteiger partial charge >= 0.3 is 0 Å². The van der Waals surface area contributed by atoms with E-state index in [4.69, 9.17) is 0 Å². The highest BCUT2D eigenvalue weighted by Crippen LogP contribution is 2.18. The molecule has 1 heterocycles. The van der Waals surface area contributed by atoms with Crippen LogP contribution in [0.5, 0.6) is 0 Å². The average molecular weight is 249 g/mol. The number of rotatable bonds is 3. The van der Waals surface area contributed by atoms with Crippen LogP contribution in [-0.4, -0.2) is 23.4 Å². The normalized spacial score (nSPS) is 19.9. The van der Waals surface area contributed by atoms with Gasteiger partial charge in [-0.25, -0.2) is 4.39 Å². The molecule has 1 aromatic carbocycles. The third kappa shape index (κ3) is 3.09. The zero-order valence-electron chi connectivity index (χ0n) is 10.9. The second-order valence-corrected chi connectivity index (χ2v) is 5.02. The molecule has 98 valence electrons. The van der Waals surface area contributed by atoms with Crippen molar-refractivity contribution in [2.45, 2.75) is 45.1 Å². The average Bonchev–Trinajstić information content (AvgIpc) is 2.38. The fourth-order valence-electron chi connectivity index (χ4n) is 2.55. The van der Waals surface area contributed by atoms with Gasteiger partial charge in [-0.2, -0.15) is 0 Å². The van der Waals surface area contributed by atoms with E-state index < -0.39 is 0 Å². The molecule has 3 heteroatoms. The molecule has 18 heavy (non-hydrogen) atoms. The molecule has 1 amide bonds. The summed E-state index contributed by atoms with van der Waals surface area (Å²) in [6.45, 7) is 2.96. The van der Waals surface area contributed by atoms with Gasteiger partial charge in [-0.15, -0.1) is 0 Å². The highest BCUT2D eigenvalue weighted by molar-refractivity contribution is 5.76. The van der Waals surface area contributed by atoms with Crippen LogP contribution >= 0.6 is 0 Å². The molecule has 0 bridgehead atoms. The maximum atomic E-state index is 13.4. The Morgan fingerprint density at radius 1 is 1.39 bits per heavy atom. The van der Waals surface area contributed by atoms with E-state index in [-0.39, 0.29) is 11.7 Å². The maximum Gasteiger partial charge on any atom is 0.223 e. The number of nitrogens with zero attached hydrogens (tertiary/aromatic N) is 1. The van der Waals surface area contributed by atoms with Crippen LogP contribution in [0.15, 0.2) is 24.3 Å². The molecular weight excluding hydrogens is 229 g/mol. The molecule has 1 aromatic rings. The largest absolute Gasteiger partial charge is 0.340 e. The number of carbonyl (C=O) groups excluding carboxylic acids is 1. The van der Waals surface area contributed by atoms with Crippen LogP contribution in [0, 0.1) is 5.82 Å². The molecule has 1 aliphatic heterocycles. The van der Waals surface area contributed by atoms with E-state index in [1.54, 1.807) is 12.1 Å². The van der Waals surface area contributed by atoms with Gasteiger partial charge in [-0.3, -0.25) is 4.79 Å². The van der Waals surface area contributed by atoms with E-state index in [9.17, 15) is 9.18 Å². The molecule has 1 atom stereocenters. The van der Waals surface area contributed by atoms with Crippen LogP contribution < -0.4 is 0 Å². The summed E-state index contributed by atoms with van der Waals surface area (Å²) >= 11 is 0. The smallest absolute Gasteiger partial charge is 0.223 e. The van der Waals surface area contributed by atoms with Gasteiger partial charge in [0.05, 0.1) is 0 Å². The predicted molar refractivity (Wildman–Crippen MR) is 69.7 cm³/mol. The van der Waals surface area contributed by atoms with Crippen molar-refractivity contribution in [3.63, 3.8) is 0 Å². The number of halogens is 1. The molecule has 0 radical (unpaired) electrons. The quantitative estimate of drug-likeness (QED) is 0.805. The van der Waals surface area contributed by atoms with Gasteiger partial charge in [0, 0.05) is 19.0 Å². The number of carbonyl (C=O) groups is 1. The first kappa shape index (κ1) is 13.1. The van der Waals surface area contributed by atoms with Gasteiger partial charge in [0.2, 0.25) is 5.91 Å². The lowest BCUT2D eigenvalue weighted by Gasteiger charge is -2.33. The number of likely N-dealkylation sites (tertiary alicyclic amines) is 1. The molecule has 2 nitrogen and oxygen atoms in total. The summed E-state index contributed by atoms with van der Waals surface area (Å²) in [5, 5.41) is 0. The van der Waals surface area contributed by atoms with Crippen molar-refractivity contribution in [3.05, 3.63) is 35.6 Å². The second-order valence-electron chi connectivity index (χ2n) is 5.02. The van der Waals surface area contributed by atoms with Crippen LogP contribution in [0.3, 0.4) is 0 Å². The van der Waals surface area contributed by atoms with Crippen molar-refractivity contribution in [1.82, 2.24) is 4.90 Å². The monoisotopic (exact) mass is 249 g/mol. The van der Waals surface area contributed by atoms with Gasteiger partial charge in [-0.05, 0) is 44.2 Å². The molecule has 0 aromatic heterocycles. The molecule has 1 unspecified atom stereocenters. The van der Waals surface area contributed by atoms with Crippen molar-refractivity contribution < 1.29 is 9.18 Å². The summed E-state index contributed by atoms with van der Waals surface area (Å²) in [7, 11) is 0. The molecular formula is C15H20FNO. The minimum Gasteiger partial charge on any atom is -0.340 e. The van der Waals surface area contributed by atoms with Crippen LogP contribution in [0.4, 0.5) is 4.39 Å². The standard InChI is InChI=1S/C15H20FNO/c1-12-6-4-5-11-17(12)15(18)10-9-13-7-2-3-8-14(13)16/h2-3,7-8,12H,4-6,9-11H2,1H3. The number of amides is 1. The summed E-state index contributed by atoms with van der Waals surface area (Å²) in [5.41, 5.74) is 0.635. The van der Waals surface area contributed by atoms with Gasteiger partial charge in [0.15, 0.2) is 0 Å². The van der Waals surface area contributed by atoms with Crippen LogP contribution in [0.2, 0.25) is 0 Å². The Hall–Kier alpha value is -1.38. The molecule has 0 saturated carbocycles. The topological polar surface area (TPSA) is 20.3 Å². The van der Waals surface area contributed by atoms with E-state index >= 15 is 0 Å². The molecule has 2 rings (SSSR count). The lowest BCUT2D eigenvalue weighted by Crippen LogP contribution is -2.42. The number of hydrogen-bond donors (Lipinski definition) is 0. The maximum absolute atomic E-state index is 13.4. The van der Waals surface area contributed by atoms with Gasteiger partial charge in [-0.1, -0.05) is 18.2 Å². The molecule has 0 N–H and O–H groups in total. The lowest BCUT2D eigenvalue weighted by atomic mass is 10.0.